The number of nitrogens with zero attached hydrogens (tertiary/aromatic N) is 2. The van der Waals surface area contributed by atoms with E-state index in [1.807, 2.05) is 0 Å². The first kappa shape index (κ1) is 13.9. The molecule has 0 heterocycles. The number of halogens is 3. The maximum Gasteiger partial charge on any atom is 0.416 e. The molecule has 1 aromatic rings. The van der Waals surface area contributed by atoms with E-state index in [4.69, 9.17) is 5.26 Å². The molecular formula is C11H11F3N2S. The molecule has 0 aliphatic rings. The molecule has 0 aromatic heterocycles. The number of thioether (sulfide) groups is 1. The largest absolute Gasteiger partial charge is 0.416 e. The first-order chi connectivity index (χ1) is 7.82. The summed E-state index contributed by atoms with van der Waals surface area (Å²) in [6.45, 7) is 0.406. The minimum atomic E-state index is -4.38. The van der Waals surface area contributed by atoms with Crippen molar-refractivity contribution in [2.45, 2.75) is 17.6 Å². The second kappa shape index (κ2) is 5.43. The Bertz CT molecular complexity index is 435. The fraction of sp³-hybridized carbons (Fsp3) is 0.364. The quantitative estimate of drug-likeness (QED) is 0.616. The van der Waals surface area contributed by atoms with Gasteiger partial charge >= 0.3 is 6.18 Å². The minimum absolute atomic E-state index is 0.319. The maximum absolute atomic E-state index is 12.6. The lowest BCUT2D eigenvalue weighted by Gasteiger charge is -2.13. The molecule has 0 atom stereocenters. The highest BCUT2D eigenvalue weighted by atomic mass is 32.2. The predicted molar refractivity (Wildman–Crippen MR) is 60.3 cm³/mol. The smallest absolute Gasteiger partial charge is 0.305 e. The Morgan fingerprint density at radius 2 is 1.94 bits per heavy atom. The molecule has 0 amide bonds. The van der Waals surface area contributed by atoms with E-state index >= 15 is 0 Å². The van der Waals surface area contributed by atoms with Gasteiger partial charge in [-0.3, -0.25) is 0 Å². The van der Waals surface area contributed by atoms with Gasteiger partial charge < -0.3 is 4.90 Å². The van der Waals surface area contributed by atoms with Crippen LogP contribution in [0.15, 0.2) is 23.1 Å². The van der Waals surface area contributed by atoms with E-state index in [1.54, 1.807) is 30.5 Å². The van der Waals surface area contributed by atoms with E-state index < -0.39 is 11.7 Å². The van der Waals surface area contributed by atoms with E-state index in [-0.39, 0.29) is 0 Å². The summed E-state index contributed by atoms with van der Waals surface area (Å²) in [5.74, 6) is 0. The summed E-state index contributed by atoms with van der Waals surface area (Å²) in [7, 11) is 3.55. The third kappa shape index (κ3) is 4.29. The van der Waals surface area contributed by atoms with Crippen LogP contribution < -0.4 is 0 Å². The highest BCUT2D eigenvalue weighted by Crippen LogP contribution is 2.33. The molecule has 6 heteroatoms. The predicted octanol–water partition coefficient (Wildman–Crippen LogP) is 3.34. The van der Waals surface area contributed by atoms with Crippen LogP contribution in [0.1, 0.15) is 11.1 Å². The van der Waals surface area contributed by atoms with E-state index in [9.17, 15) is 13.2 Å². The molecular weight excluding hydrogens is 249 g/mol. The molecule has 1 rings (SSSR count). The van der Waals surface area contributed by atoms with Crippen LogP contribution in [0.5, 0.6) is 0 Å². The average molecular weight is 260 g/mol. The summed E-state index contributed by atoms with van der Waals surface area (Å²) >= 11 is 0.734. The fourth-order valence-electron chi connectivity index (χ4n) is 1.39. The molecule has 0 spiro atoms. The molecule has 0 N–H and O–H groups in total. The number of alkyl halides is 3. The Labute approximate surface area is 102 Å². The highest BCUT2D eigenvalue weighted by molar-refractivity contribution is 8.03. The Kier molecular flexibility index (Phi) is 4.43. The average Bonchev–Trinajstić information content (AvgIpc) is 2.15. The van der Waals surface area contributed by atoms with Gasteiger partial charge in [-0.2, -0.15) is 18.4 Å². The SMILES string of the molecule is CN(C)Cc1cc(SC#N)cc(C(F)(F)F)c1. The van der Waals surface area contributed by atoms with Crippen LogP contribution >= 0.6 is 11.8 Å². The van der Waals surface area contributed by atoms with Crippen LogP contribution in [-0.4, -0.2) is 19.0 Å². The molecule has 2 nitrogen and oxygen atoms in total. The fourth-order valence-corrected chi connectivity index (χ4v) is 1.89. The Morgan fingerprint density at radius 3 is 2.41 bits per heavy atom. The summed E-state index contributed by atoms with van der Waals surface area (Å²) in [6.07, 6.45) is -4.38. The van der Waals surface area contributed by atoms with E-state index in [2.05, 4.69) is 0 Å². The van der Waals surface area contributed by atoms with E-state index in [0.717, 1.165) is 23.9 Å². The van der Waals surface area contributed by atoms with Crippen molar-refractivity contribution >= 4 is 11.8 Å². The van der Waals surface area contributed by atoms with Gasteiger partial charge in [0, 0.05) is 11.4 Å². The molecule has 0 unspecified atom stereocenters. The number of rotatable bonds is 3. The zero-order chi connectivity index (χ0) is 13.1. The summed E-state index contributed by atoms with van der Waals surface area (Å²) in [4.78, 5) is 2.09. The minimum Gasteiger partial charge on any atom is -0.305 e. The number of hydrogen-bond acceptors (Lipinski definition) is 3. The third-order valence-electron chi connectivity index (χ3n) is 1.96. The molecule has 0 aliphatic heterocycles. The van der Waals surface area contributed by atoms with E-state index in [0.29, 0.717) is 17.0 Å². The third-order valence-corrected chi connectivity index (χ3v) is 2.52. The summed E-state index contributed by atoms with van der Waals surface area (Å²) < 4.78 is 37.9. The molecule has 0 saturated heterocycles. The van der Waals surface area contributed by atoms with Crippen molar-refractivity contribution in [1.29, 1.82) is 5.26 Å². The van der Waals surface area contributed by atoms with Crippen LogP contribution in [0, 0.1) is 10.7 Å². The van der Waals surface area contributed by atoms with Gasteiger partial charge in [-0.05, 0) is 49.6 Å². The first-order valence-electron chi connectivity index (χ1n) is 4.75. The molecule has 0 aliphatic carbocycles. The molecule has 0 fully saturated rings. The van der Waals surface area contributed by atoms with Gasteiger partial charge in [-0.15, -0.1) is 0 Å². The maximum atomic E-state index is 12.6. The number of benzene rings is 1. The Balaban J connectivity index is 3.15. The Morgan fingerprint density at radius 1 is 1.29 bits per heavy atom. The number of nitriles is 1. The lowest BCUT2D eigenvalue weighted by atomic mass is 10.1. The van der Waals surface area contributed by atoms with E-state index in [1.165, 1.54) is 0 Å². The molecule has 0 bridgehead atoms. The van der Waals surface area contributed by atoms with Crippen molar-refractivity contribution in [3.8, 4) is 5.40 Å². The number of hydrogen-bond donors (Lipinski definition) is 0. The molecule has 0 saturated carbocycles. The topological polar surface area (TPSA) is 27.0 Å². The van der Waals surface area contributed by atoms with Crippen molar-refractivity contribution in [1.82, 2.24) is 4.90 Å². The van der Waals surface area contributed by atoms with Gasteiger partial charge in [-0.1, -0.05) is 0 Å². The van der Waals surface area contributed by atoms with Crippen molar-refractivity contribution in [2.75, 3.05) is 14.1 Å². The van der Waals surface area contributed by atoms with Crippen molar-refractivity contribution < 1.29 is 13.2 Å². The van der Waals surface area contributed by atoms with Crippen molar-refractivity contribution in [3.05, 3.63) is 29.3 Å². The second-order valence-corrected chi connectivity index (χ2v) is 4.65. The van der Waals surface area contributed by atoms with Crippen molar-refractivity contribution in [3.63, 3.8) is 0 Å². The second-order valence-electron chi connectivity index (χ2n) is 3.79. The van der Waals surface area contributed by atoms with Gasteiger partial charge in [0.2, 0.25) is 0 Å². The zero-order valence-electron chi connectivity index (χ0n) is 9.38. The van der Waals surface area contributed by atoms with Crippen LogP contribution in [0.25, 0.3) is 0 Å². The molecule has 17 heavy (non-hydrogen) atoms. The molecule has 0 radical (unpaired) electrons. The molecule has 1 aromatic carbocycles. The Hall–Kier alpha value is -1.19. The summed E-state index contributed by atoms with van der Waals surface area (Å²) in [6, 6.07) is 3.71. The number of thiocyanates is 1. The summed E-state index contributed by atoms with van der Waals surface area (Å²) in [5.41, 5.74) is -0.169. The monoisotopic (exact) mass is 260 g/mol. The van der Waals surface area contributed by atoms with Crippen LogP contribution in [0.4, 0.5) is 13.2 Å². The van der Waals surface area contributed by atoms with Crippen LogP contribution in [0.2, 0.25) is 0 Å². The van der Waals surface area contributed by atoms with Gasteiger partial charge in [-0.25, -0.2) is 0 Å². The van der Waals surface area contributed by atoms with Crippen LogP contribution in [0.3, 0.4) is 0 Å². The van der Waals surface area contributed by atoms with Gasteiger partial charge in [0.05, 0.1) is 5.56 Å². The first-order valence-corrected chi connectivity index (χ1v) is 5.56. The van der Waals surface area contributed by atoms with Gasteiger partial charge in [0.25, 0.3) is 0 Å². The molecule has 92 valence electrons. The standard InChI is InChI=1S/C11H11F3N2S/c1-16(2)6-8-3-9(11(12,13)14)5-10(4-8)17-7-15/h3-5H,6H2,1-2H3. The lowest BCUT2D eigenvalue weighted by Crippen LogP contribution is -2.12. The van der Waals surface area contributed by atoms with Gasteiger partial charge in [0.1, 0.15) is 5.40 Å². The highest BCUT2D eigenvalue weighted by Gasteiger charge is 2.31. The lowest BCUT2D eigenvalue weighted by molar-refractivity contribution is -0.137. The zero-order valence-corrected chi connectivity index (χ0v) is 10.2. The normalized spacial score (nSPS) is 11.6. The van der Waals surface area contributed by atoms with Gasteiger partial charge in [0.15, 0.2) is 0 Å². The van der Waals surface area contributed by atoms with Crippen LogP contribution in [-0.2, 0) is 12.7 Å². The summed E-state index contributed by atoms with van der Waals surface area (Å²) in [5, 5.41) is 10.3. The van der Waals surface area contributed by atoms with Crippen molar-refractivity contribution in [2.24, 2.45) is 0 Å².